The number of hydrogen-bond acceptors (Lipinski definition) is 7. The Balaban J connectivity index is 1.43. The lowest BCUT2D eigenvalue weighted by Crippen LogP contribution is -2.41. The van der Waals surface area contributed by atoms with E-state index in [0.717, 1.165) is 0 Å². The maximum atomic E-state index is 14.5. The molecular formula is C26H24FN3O5. The molecule has 35 heavy (non-hydrogen) atoms. The molecule has 4 rings (SSSR count). The molecule has 0 bridgehead atoms. The molecule has 0 saturated carbocycles. The number of hydrogen-bond donors (Lipinski definition) is 3. The zero-order chi connectivity index (χ0) is 24.9. The van der Waals surface area contributed by atoms with Crippen molar-refractivity contribution in [2.24, 2.45) is 5.92 Å². The minimum absolute atomic E-state index is 0.0996. The molecule has 180 valence electrons. The summed E-state index contributed by atoms with van der Waals surface area (Å²) in [6.45, 7) is 1.13. The van der Waals surface area contributed by atoms with Crippen molar-refractivity contribution in [3.63, 3.8) is 0 Å². The molecule has 3 aromatic rings. The number of halogens is 1. The van der Waals surface area contributed by atoms with Gasteiger partial charge in [0.2, 0.25) is 0 Å². The number of nitrogens with zero attached hydrogens (tertiary/aromatic N) is 1. The van der Waals surface area contributed by atoms with Crippen LogP contribution in [0.2, 0.25) is 0 Å². The highest BCUT2D eigenvalue weighted by Gasteiger charge is 2.31. The van der Waals surface area contributed by atoms with E-state index < -0.39 is 22.9 Å². The van der Waals surface area contributed by atoms with E-state index in [9.17, 15) is 23.9 Å². The van der Waals surface area contributed by atoms with Crippen LogP contribution in [0.4, 0.5) is 4.39 Å². The molecule has 1 fully saturated rings. The van der Waals surface area contributed by atoms with Crippen LogP contribution < -0.4 is 15.4 Å². The number of ketones is 2. The van der Waals surface area contributed by atoms with Crippen molar-refractivity contribution >= 4 is 17.5 Å². The smallest absolute Gasteiger partial charge is 0.251 e. The van der Waals surface area contributed by atoms with Crippen molar-refractivity contribution < 1.29 is 28.6 Å². The Morgan fingerprint density at radius 2 is 1.71 bits per heavy atom. The number of carbonyl (C=O) groups excluding carboxylic acids is 3. The first kappa shape index (κ1) is 24.0. The fourth-order valence-electron chi connectivity index (χ4n) is 4.10. The first-order valence-electron chi connectivity index (χ1n) is 11.0. The number of Topliss-reactive ketones (excluding diaryl/α,β-unsaturated/α-hetero) is 1. The van der Waals surface area contributed by atoms with E-state index in [1.54, 1.807) is 24.5 Å². The number of phenolic OH excluding ortho intramolecular Hbond substituents is 1. The Kier molecular flexibility index (Phi) is 7.17. The number of aromatic nitrogens is 1. The molecule has 1 amide bonds. The van der Waals surface area contributed by atoms with E-state index in [4.69, 9.17) is 4.74 Å². The lowest BCUT2D eigenvalue weighted by molar-refractivity contribution is 0.0902. The number of rotatable bonds is 8. The molecule has 2 heterocycles. The van der Waals surface area contributed by atoms with Gasteiger partial charge in [-0.15, -0.1) is 0 Å². The van der Waals surface area contributed by atoms with Gasteiger partial charge in [0, 0.05) is 60.6 Å². The molecule has 0 aliphatic carbocycles. The van der Waals surface area contributed by atoms with Gasteiger partial charge in [-0.1, -0.05) is 24.3 Å². The fraction of sp³-hybridized carbons (Fsp3) is 0.231. The van der Waals surface area contributed by atoms with Crippen molar-refractivity contribution in [3.05, 3.63) is 89.0 Å². The maximum absolute atomic E-state index is 14.5. The zero-order valence-electron chi connectivity index (χ0n) is 19.0. The second-order valence-electron chi connectivity index (χ2n) is 8.24. The molecular weight excluding hydrogens is 453 g/mol. The number of aromatic hydroxyl groups is 1. The van der Waals surface area contributed by atoms with Crippen LogP contribution in [-0.2, 0) is 0 Å². The molecule has 3 N–H and O–H groups in total. The van der Waals surface area contributed by atoms with Gasteiger partial charge in [-0.3, -0.25) is 19.4 Å². The molecule has 0 radical (unpaired) electrons. The highest BCUT2D eigenvalue weighted by molar-refractivity contribution is 6.11. The summed E-state index contributed by atoms with van der Waals surface area (Å²) in [5.41, 5.74) is 0.515. The van der Waals surface area contributed by atoms with Crippen LogP contribution in [0, 0.1) is 11.7 Å². The Bertz CT molecular complexity index is 1250. The van der Waals surface area contributed by atoms with Gasteiger partial charge >= 0.3 is 0 Å². The molecule has 1 aliphatic rings. The minimum atomic E-state index is -0.953. The lowest BCUT2D eigenvalue weighted by atomic mass is 9.93. The van der Waals surface area contributed by atoms with Gasteiger partial charge in [0.05, 0.1) is 7.11 Å². The largest absolute Gasteiger partial charge is 0.507 e. The van der Waals surface area contributed by atoms with Crippen LogP contribution in [0.5, 0.6) is 11.5 Å². The number of benzene rings is 2. The molecule has 9 heteroatoms. The third-order valence-corrected chi connectivity index (χ3v) is 6.05. The molecule has 0 spiro atoms. The van der Waals surface area contributed by atoms with Crippen LogP contribution in [0.15, 0.2) is 60.9 Å². The third kappa shape index (κ3) is 5.20. The van der Waals surface area contributed by atoms with E-state index in [0.29, 0.717) is 24.2 Å². The van der Waals surface area contributed by atoms with Crippen LogP contribution >= 0.6 is 0 Å². The molecule has 2 atom stereocenters. The quantitative estimate of drug-likeness (QED) is 0.427. The van der Waals surface area contributed by atoms with Crippen LogP contribution in [0.25, 0.3) is 0 Å². The summed E-state index contributed by atoms with van der Waals surface area (Å²) in [6.07, 6.45) is 3.29. The van der Waals surface area contributed by atoms with E-state index in [2.05, 4.69) is 15.6 Å². The van der Waals surface area contributed by atoms with Crippen LogP contribution in [-0.4, -0.2) is 53.8 Å². The standard InChI is InChI=1S/C26H24FN3O5/c1-35-22-7-6-20(31)23(24(22)27)25(33)16-4-2-15(3-5-16)21(32)12-18-13-29-14-19(18)30-26(34)17-8-10-28-11-9-17/h2-11,18-19,29,31H,12-14H2,1H3,(H,30,34)/t18-,19+/m0/s1. The predicted molar refractivity (Wildman–Crippen MR) is 125 cm³/mol. The van der Waals surface area contributed by atoms with E-state index in [-0.39, 0.29) is 41.4 Å². The summed E-state index contributed by atoms with van der Waals surface area (Å²) >= 11 is 0. The molecule has 8 nitrogen and oxygen atoms in total. The van der Waals surface area contributed by atoms with Gasteiger partial charge in [-0.05, 0) is 24.3 Å². The Labute approximate surface area is 201 Å². The first-order valence-corrected chi connectivity index (χ1v) is 11.0. The Morgan fingerprint density at radius 1 is 1.03 bits per heavy atom. The van der Waals surface area contributed by atoms with E-state index >= 15 is 0 Å². The average Bonchev–Trinajstić information content (AvgIpc) is 3.30. The summed E-state index contributed by atoms with van der Waals surface area (Å²) in [6, 6.07) is 11.3. The predicted octanol–water partition coefficient (Wildman–Crippen LogP) is 2.76. The number of pyridine rings is 1. The summed E-state index contributed by atoms with van der Waals surface area (Å²) in [7, 11) is 1.26. The summed E-state index contributed by atoms with van der Waals surface area (Å²) in [4.78, 5) is 42.1. The number of ether oxygens (including phenoxy) is 1. The van der Waals surface area contributed by atoms with Crippen molar-refractivity contribution in [1.29, 1.82) is 0 Å². The van der Waals surface area contributed by atoms with Gasteiger partial charge in [0.25, 0.3) is 5.91 Å². The third-order valence-electron chi connectivity index (χ3n) is 6.05. The van der Waals surface area contributed by atoms with Gasteiger partial charge in [-0.2, -0.15) is 0 Å². The summed E-state index contributed by atoms with van der Waals surface area (Å²) in [5, 5.41) is 16.2. The highest BCUT2D eigenvalue weighted by atomic mass is 19.1. The SMILES string of the molecule is COc1ccc(O)c(C(=O)c2ccc(C(=O)C[C@H]3CNC[C@H]3NC(=O)c3ccncc3)cc2)c1F. The monoisotopic (exact) mass is 477 g/mol. The minimum Gasteiger partial charge on any atom is -0.507 e. The van der Waals surface area contributed by atoms with Crippen molar-refractivity contribution in [2.75, 3.05) is 20.2 Å². The second-order valence-corrected chi connectivity index (χ2v) is 8.24. The maximum Gasteiger partial charge on any atom is 0.251 e. The summed E-state index contributed by atoms with van der Waals surface area (Å²) in [5.74, 6) is -2.80. The van der Waals surface area contributed by atoms with Gasteiger partial charge in [0.1, 0.15) is 11.3 Å². The Hall–Kier alpha value is -4.11. The van der Waals surface area contributed by atoms with Crippen molar-refractivity contribution in [1.82, 2.24) is 15.6 Å². The number of nitrogens with one attached hydrogen (secondary N) is 2. The van der Waals surface area contributed by atoms with E-state index in [1.807, 2.05) is 0 Å². The molecule has 1 aliphatic heterocycles. The Morgan fingerprint density at radius 3 is 2.40 bits per heavy atom. The van der Waals surface area contributed by atoms with E-state index in [1.165, 1.54) is 43.5 Å². The normalized spacial score (nSPS) is 17.1. The molecule has 1 saturated heterocycles. The van der Waals surface area contributed by atoms with Crippen LogP contribution in [0.1, 0.15) is 43.1 Å². The van der Waals surface area contributed by atoms with Crippen LogP contribution in [0.3, 0.4) is 0 Å². The van der Waals surface area contributed by atoms with Gasteiger partial charge in [-0.25, -0.2) is 4.39 Å². The van der Waals surface area contributed by atoms with Crippen molar-refractivity contribution in [3.8, 4) is 11.5 Å². The first-order chi connectivity index (χ1) is 16.9. The molecule has 2 aromatic carbocycles. The number of amides is 1. The lowest BCUT2D eigenvalue weighted by Gasteiger charge is -2.19. The number of methoxy groups -OCH3 is 1. The van der Waals surface area contributed by atoms with Gasteiger partial charge < -0.3 is 20.5 Å². The fourth-order valence-corrected chi connectivity index (χ4v) is 4.10. The van der Waals surface area contributed by atoms with Gasteiger partial charge in [0.15, 0.2) is 23.1 Å². The molecule has 1 aromatic heterocycles. The van der Waals surface area contributed by atoms with Crippen molar-refractivity contribution in [2.45, 2.75) is 12.5 Å². The molecule has 0 unspecified atom stereocenters. The summed E-state index contributed by atoms with van der Waals surface area (Å²) < 4.78 is 19.4. The average molecular weight is 477 g/mol. The number of carbonyl (C=O) groups is 3. The second kappa shape index (κ2) is 10.4. The highest BCUT2D eigenvalue weighted by Crippen LogP contribution is 2.30. The zero-order valence-corrected chi connectivity index (χ0v) is 19.0. The topological polar surface area (TPSA) is 118 Å². The number of phenols is 1.